The minimum atomic E-state index is -1.98. The first-order chi connectivity index (χ1) is 8.95. The molecule has 0 fully saturated rings. The third kappa shape index (κ3) is 8.21. The van der Waals surface area contributed by atoms with E-state index in [0.717, 1.165) is 44.9 Å². The molecule has 0 rings (SSSR count). The second-order valence-corrected chi connectivity index (χ2v) is 11.5. The van der Waals surface area contributed by atoms with Crippen molar-refractivity contribution in [2.45, 2.75) is 59.3 Å². The first kappa shape index (κ1) is 19.3. The van der Waals surface area contributed by atoms with Gasteiger partial charge in [-0.15, -0.1) is 0 Å². The van der Waals surface area contributed by atoms with E-state index in [1.807, 2.05) is 27.7 Å². The lowest BCUT2D eigenvalue weighted by atomic mass is 10.6. The van der Waals surface area contributed by atoms with Crippen molar-refractivity contribution < 1.29 is 17.7 Å². The van der Waals surface area contributed by atoms with Crippen LogP contribution in [0.5, 0.6) is 0 Å². The van der Waals surface area contributed by atoms with Gasteiger partial charge in [-0.2, -0.15) is 0 Å². The molecule has 0 unspecified atom stereocenters. The maximum atomic E-state index is 5.86. The van der Waals surface area contributed by atoms with Gasteiger partial charge in [-0.25, -0.2) is 0 Å². The third-order valence-corrected chi connectivity index (χ3v) is 9.18. The van der Waals surface area contributed by atoms with Crippen molar-refractivity contribution in [3.05, 3.63) is 0 Å². The molecule has 0 aliphatic carbocycles. The Bertz CT molecular complexity index is 193. The Balaban J connectivity index is 4.27. The molecule has 0 radical (unpaired) electrons. The number of hydrogen-bond donors (Lipinski definition) is 0. The second-order valence-electron chi connectivity index (χ2n) is 4.85. The van der Waals surface area contributed by atoms with Crippen LogP contribution in [-0.4, -0.2) is 43.5 Å². The van der Waals surface area contributed by atoms with Crippen LogP contribution in [0.15, 0.2) is 0 Å². The van der Waals surface area contributed by atoms with Crippen LogP contribution in [-0.2, 0) is 17.7 Å². The predicted octanol–water partition coefficient (Wildman–Crippen LogP) is 3.67. The first-order valence-corrected chi connectivity index (χ1v) is 12.6. The average Bonchev–Trinajstić information content (AvgIpc) is 2.29. The van der Waals surface area contributed by atoms with E-state index in [-0.39, 0.29) is 0 Å². The monoisotopic (exact) mass is 308 g/mol. The van der Waals surface area contributed by atoms with E-state index in [1.54, 1.807) is 0 Å². The molecule has 0 aromatic carbocycles. The van der Waals surface area contributed by atoms with Gasteiger partial charge in [-0.3, -0.25) is 0 Å². The van der Waals surface area contributed by atoms with E-state index in [2.05, 4.69) is 13.1 Å². The highest BCUT2D eigenvalue weighted by molar-refractivity contribution is 6.67. The summed E-state index contributed by atoms with van der Waals surface area (Å²) in [6, 6.07) is 2.02. The molecule has 0 bridgehead atoms. The molecule has 0 aromatic rings. The van der Waals surface area contributed by atoms with Crippen LogP contribution in [0.2, 0.25) is 25.2 Å². The van der Waals surface area contributed by atoms with Gasteiger partial charge in [-0.1, -0.05) is 0 Å². The first-order valence-electron chi connectivity index (χ1n) is 7.51. The van der Waals surface area contributed by atoms with Gasteiger partial charge in [0.25, 0.3) is 0 Å². The summed E-state index contributed by atoms with van der Waals surface area (Å²) in [5.74, 6) is 0. The van der Waals surface area contributed by atoms with Crippen molar-refractivity contribution in [3.8, 4) is 0 Å². The van der Waals surface area contributed by atoms with Gasteiger partial charge >= 0.3 is 17.1 Å². The Labute approximate surface area is 121 Å². The van der Waals surface area contributed by atoms with Crippen LogP contribution < -0.4 is 0 Å². The van der Waals surface area contributed by atoms with Gasteiger partial charge in [0.15, 0.2) is 0 Å². The Kier molecular flexibility index (Phi) is 10.2. The maximum absolute atomic E-state index is 5.86. The quantitative estimate of drug-likeness (QED) is 0.516. The normalized spacial score (nSPS) is 12.9. The minimum absolute atomic E-state index is 0.730. The molecule has 0 N–H and O–H groups in total. The summed E-state index contributed by atoms with van der Waals surface area (Å²) in [6.45, 7) is 15.4. The Morgan fingerprint density at radius 1 is 0.579 bits per heavy atom. The van der Waals surface area contributed by atoms with Crippen LogP contribution in [0, 0.1) is 0 Å². The molecule has 6 heteroatoms. The number of hydrogen-bond acceptors (Lipinski definition) is 4. The van der Waals surface area contributed by atoms with Crippen LogP contribution in [0.3, 0.4) is 0 Å². The summed E-state index contributed by atoms with van der Waals surface area (Å²) < 4.78 is 23.4. The fourth-order valence-corrected chi connectivity index (χ4v) is 7.50. The lowest BCUT2D eigenvalue weighted by molar-refractivity contribution is 0.182. The fraction of sp³-hybridized carbons (Fsp3) is 1.00. The Morgan fingerprint density at radius 3 is 1.05 bits per heavy atom. The smallest absolute Gasteiger partial charge is 0.334 e. The molecular weight excluding hydrogens is 276 g/mol. The third-order valence-electron chi connectivity index (χ3n) is 3.06. The highest BCUT2D eigenvalue weighted by Crippen LogP contribution is 2.23. The maximum Gasteiger partial charge on any atom is 0.334 e. The van der Waals surface area contributed by atoms with Crippen LogP contribution in [0.25, 0.3) is 0 Å². The molecule has 0 atom stereocenters. The zero-order chi connectivity index (χ0) is 14.8. The van der Waals surface area contributed by atoms with Gasteiger partial charge < -0.3 is 17.7 Å². The van der Waals surface area contributed by atoms with Crippen molar-refractivity contribution in [2.24, 2.45) is 0 Å². The molecule has 0 aromatic heterocycles. The van der Waals surface area contributed by atoms with Crippen molar-refractivity contribution in [3.63, 3.8) is 0 Å². The van der Waals surface area contributed by atoms with Crippen molar-refractivity contribution in [2.75, 3.05) is 26.4 Å². The molecule has 19 heavy (non-hydrogen) atoms. The van der Waals surface area contributed by atoms with E-state index in [0.29, 0.717) is 0 Å². The Morgan fingerprint density at radius 2 is 0.842 bits per heavy atom. The summed E-state index contributed by atoms with van der Waals surface area (Å²) in [5, 5.41) is 0. The van der Waals surface area contributed by atoms with E-state index < -0.39 is 17.1 Å². The minimum Gasteiger partial charge on any atom is -0.395 e. The standard InChI is InChI=1S/C13H32O4Si2/c1-7-14-18(5,15-8-2)12-11-13-19(6,16-9-3)17-10-4/h7-13H2,1-6H3. The lowest BCUT2D eigenvalue weighted by Crippen LogP contribution is -2.41. The molecule has 0 heterocycles. The average molecular weight is 309 g/mol. The van der Waals surface area contributed by atoms with Crippen molar-refractivity contribution in [1.82, 2.24) is 0 Å². The summed E-state index contributed by atoms with van der Waals surface area (Å²) in [5.41, 5.74) is 0. The fourth-order valence-electron chi connectivity index (χ4n) is 2.32. The molecule has 116 valence electrons. The van der Waals surface area contributed by atoms with Crippen molar-refractivity contribution in [1.29, 1.82) is 0 Å². The van der Waals surface area contributed by atoms with Crippen LogP contribution in [0.1, 0.15) is 34.1 Å². The summed E-state index contributed by atoms with van der Waals surface area (Å²) in [7, 11) is -3.97. The van der Waals surface area contributed by atoms with Gasteiger partial charge in [-0.05, 0) is 59.3 Å². The zero-order valence-corrected chi connectivity index (χ0v) is 15.6. The van der Waals surface area contributed by atoms with E-state index in [9.17, 15) is 0 Å². The van der Waals surface area contributed by atoms with E-state index in [1.165, 1.54) is 0 Å². The zero-order valence-electron chi connectivity index (χ0n) is 13.6. The van der Waals surface area contributed by atoms with Gasteiger partial charge in [0.2, 0.25) is 0 Å². The van der Waals surface area contributed by atoms with Gasteiger partial charge in [0.1, 0.15) is 0 Å². The van der Waals surface area contributed by atoms with Crippen LogP contribution in [0.4, 0.5) is 0 Å². The topological polar surface area (TPSA) is 36.9 Å². The van der Waals surface area contributed by atoms with E-state index in [4.69, 9.17) is 17.7 Å². The van der Waals surface area contributed by atoms with E-state index >= 15 is 0 Å². The lowest BCUT2D eigenvalue weighted by Gasteiger charge is -2.29. The summed E-state index contributed by atoms with van der Waals surface area (Å²) in [4.78, 5) is 0. The SMILES string of the molecule is CCO[Si](C)(CCC[Si](C)(OCC)OCC)OCC. The molecule has 0 saturated heterocycles. The molecule has 0 amide bonds. The van der Waals surface area contributed by atoms with Gasteiger partial charge in [0, 0.05) is 26.4 Å². The summed E-state index contributed by atoms with van der Waals surface area (Å²) in [6.07, 6.45) is 1.06. The highest BCUT2D eigenvalue weighted by Gasteiger charge is 2.34. The molecular formula is C13H32O4Si2. The molecule has 0 saturated carbocycles. The highest BCUT2D eigenvalue weighted by atomic mass is 28.4. The summed E-state index contributed by atoms with van der Waals surface area (Å²) >= 11 is 0. The Hall–Kier alpha value is 0.274. The van der Waals surface area contributed by atoms with Crippen LogP contribution >= 0.6 is 0 Å². The molecule has 4 nitrogen and oxygen atoms in total. The van der Waals surface area contributed by atoms with Gasteiger partial charge in [0.05, 0.1) is 0 Å². The largest absolute Gasteiger partial charge is 0.395 e. The predicted molar refractivity (Wildman–Crippen MR) is 84.0 cm³/mol. The molecule has 0 aliphatic rings. The second kappa shape index (κ2) is 10.1. The van der Waals surface area contributed by atoms with Crippen molar-refractivity contribution >= 4 is 17.1 Å². The molecule has 0 spiro atoms. The molecule has 0 aliphatic heterocycles. The number of rotatable bonds is 12.